The van der Waals surface area contributed by atoms with Gasteiger partial charge in [0.15, 0.2) is 6.10 Å². The molecule has 0 spiro atoms. The predicted molar refractivity (Wildman–Crippen MR) is 77.3 cm³/mol. The van der Waals surface area contributed by atoms with E-state index < -0.39 is 0 Å². The zero-order chi connectivity index (χ0) is 14.8. The summed E-state index contributed by atoms with van der Waals surface area (Å²) in [5.74, 6) is 1.00. The van der Waals surface area contributed by atoms with Gasteiger partial charge in [-0.15, -0.1) is 21.5 Å². The van der Waals surface area contributed by atoms with Crippen molar-refractivity contribution in [3.05, 3.63) is 33.7 Å². The maximum atomic E-state index is 12.6. The molecule has 0 saturated carbocycles. The van der Waals surface area contributed by atoms with Crippen molar-refractivity contribution in [2.24, 2.45) is 0 Å². The minimum atomic E-state index is -0.339. The smallest absolute Gasteiger partial charge is 0.264 e. The minimum absolute atomic E-state index is 0.0615. The van der Waals surface area contributed by atoms with Crippen LogP contribution in [-0.4, -0.2) is 40.7 Å². The van der Waals surface area contributed by atoms with Crippen LogP contribution in [0.2, 0.25) is 0 Å². The zero-order valence-electron chi connectivity index (χ0n) is 12.0. The van der Waals surface area contributed by atoms with E-state index in [9.17, 15) is 4.79 Å². The van der Waals surface area contributed by atoms with Crippen molar-refractivity contribution in [2.75, 3.05) is 19.7 Å². The molecule has 0 aliphatic carbocycles. The van der Waals surface area contributed by atoms with Gasteiger partial charge in [-0.1, -0.05) is 6.92 Å². The molecular formula is C14H17N3O3S. The van der Waals surface area contributed by atoms with Gasteiger partial charge in [0.2, 0.25) is 11.8 Å². The summed E-state index contributed by atoms with van der Waals surface area (Å²) in [6.07, 6.45) is 0.523. The number of thiophene rings is 1. The van der Waals surface area contributed by atoms with Gasteiger partial charge < -0.3 is 14.1 Å². The van der Waals surface area contributed by atoms with Crippen LogP contribution in [0.5, 0.6) is 0 Å². The maximum absolute atomic E-state index is 12.6. The Balaban J connectivity index is 1.75. The molecule has 7 heteroatoms. The Hall–Kier alpha value is -1.73. The molecule has 0 radical (unpaired) electrons. The Morgan fingerprint density at radius 1 is 1.52 bits per heavy atom. The summed E-state index contributed by atoms with van der Waals surface area (Å²) in [7, 11) is 0. The average molecular weight is 307 g/mol. The molecule has 0 aromatic carbocycles. The molecule has 1 saturated heterocycles. The monoisotopic (exact) mass is 307 g/mol. The van der Waals surface area contributed by atoms with Crippen LogP contribution in [0.1, 0.15) is 40.0 Å². The summed E-state index contributed by atoms with van der Waals surface area (Å²) in [6.45, 7) is 5.30. The van der Waals surface area contributed by atoms with E-state index in [0.29, 0.717) is 31.5 Å². The largest absolute Gasteiger partial charge is 0.423 e. The first-order valence-electron chi connectivity index (χ1n) is 6.96. The molecule has 3 rings (SSSR count). The van der Waals surface area contributed by atoms with Crippen molar-refractivity contribution in [3.8, 4) is 0 Å². The predicted octanol–water partition coefficient (Wildman–Crippen LogP) is 2.22. The average Bonchev–Trinajstić information content (AvgIpc) is 3.15. The van der Waals surface area contributed by atoms with Crippen molar-refractivity contribution in [2.45, 2.75) is 26.4 Å². The fraction of sp³-hybridized carbons (Fsp3) is 0.500. The number of aryl methyl sites for hydroxylation is 2. The highest BCUT2D eigenvalue weighted by molar-refractivity contribution is 7.12. The molecule has 2 aromatic heterocycles. The van der Waals surface area contributed by atoms with Gasteiger partial charge in [-0.2, -0.15) is 0 Å². The Labute approximate surface area is 126 Å². The van der Waals surface area contributed by atoms with Crippen LogP contribution in [0.15, 0.2) is 15.9 Å². The van der Waals surface area contributed by atoms with Crippen LogP contribution >= 0.6 is 11.3 Å². The van der Waals surface area contributed by atoms with Gasteiger partial charge in [-0.3, -0.25) is 4.79 Å². The standard InChI is InChI=1S/C14H17N3O3S/c1-3-10-4-7-21-12(10)14(18)17-5-6-19-11(8-17)13-16-15-9(2)20-13/h4,7,11H,3,5-6,8H2,1-2H3/t11-/m1/s1. The van der Waals surface area contributed by atoms with Crippen LogP contribution in [0.25, 0.3) is 0 Å². The molecule has 1 atom stereocenters. The molecule has 2 aromatic rings. The lowest BCUT2D eigenvalue weighted by molar-refractivity contribution is -0.0348. The van der Waals surface area contributed by atoms with E-state index in [1.54, 1.807) is 11.8 Å². The second-order valence-corrected chi connectivity index (χ2v) is 5.81. The second kappa shape index (κ2) is 5.95. The molecule has 1 amide bonds. The van der Waals surface area contributed by atoms with Gasteiger partial charge in [0, 0.05) is 13.5 Å². The fourth-order valence-corrected chi connectivity index (χ4v) is 3.33. The number of nitrogens with zero attached hydrogens (tertiary/aromatic N) is 3. The third-order valence-corrected chi connectivity index (χ3v) is 4.44. The molecule has 112 valence electrons. The molecule has 21 heavy (non-hydrogen) atoms. The molecule has 1 aliphatic rings. The highest BCUT2D eigenvalue weighted by Crippen LogP contribution is 2.25. The number of hydrogen-bond donors (Lipinski definition) is 0. The number of rotatable bonds is 3. The number of aromatic nitrogens is 2. The number of ether oxygens (including phenoxy) is 1. The summed E-state index contributed by atoms with van der Waals surface area (Å²) in [5.41, 5.74) is 1.10. The summed E-state index contributed by atoms with van der Waals surface area (Å²) < 4.78 is 11.0. The van der Waals surface area contributed by atoms with Crippen LogP contribution in [-0.2, 0) is 11.2 Å². The minimum Gasteiger partial charge on any atom is -0.423 e. The van der Waals surface area contributed by atoms with E-state index in [1.807, 2.05) is 11.4 Å². The third kappa shape index (κ3) is 2.84. The molecule has 0 N–H and O–H groups in total. The summed E-state index contributed by atoms with van der Waals surface area (Å²) >= 11 is 1.49. The highest BCUT2D eigenvalue weighted by atomic mass is 32.1. The van der Waals surface area contributed by atoms with E-state index >= 15 is 0 Å². The summed E-state index contributed by atoms with van der Waals surface area (Å²) in [5, 5.41) is 9.76. The van der Waals surface area contributed by atoms with Crippen molar-refractivity contribution >= 4 is 17.2 Å². The van der Waals surface area contributed by atoms with Gasteiger partial charge in [0.1, 0.15) is 0 Å². The van der Waals surface area contributed by atoms with E-state index in [-0.39, 0.29) is 12.0 Å². The Bertz CT molecular complexity index is 637. The number of amides is 1. The van der Waals surface area contributed by atoms with Crippen molar-refractivity contribution in [3.63, 3.8) is 0 Å². The van der Waals surface area contributed by atoms with Crippen molar-refractivity contribution in [1.82, 2.24) is 15.1 Å². The molecule has 0 bridgehead atoms. The summed E-state index contributed by atoms with van der Waals surface area (Å²) in [6, 6.07) is 2.01. The third-order valence-electron chi connectivity index (χ3n) is 3.49. The quantitative estimate of drug-likeness (QED) is 0.869. The lowest BCUT2D eigenvalue weighted by Gasteiger charge is -2.31. The SMILES string of the molecule is CCc1ccsc1C(=O)N1CCO[C@@H](c2nnc(C)o2)C1. The van der Waals surface area contributed by atoms with E-state index in [0.717, 1.165) is 16.9 Å². The van der Waals surface area contributed by atoms with Crippen LogP contribution in [0, 0.1) is 6.92 Å². The normalized spacial score (nSPS) is 19.0. The van der Waals surface area contributed by atoms with Crippen LogP contribution in [0.4, 0.5) is 0 Å². The summed E-state index contributed by atoms with van der Waals surface area (Å²) in [4.78, 5) is 15.3. The first-order valence-corrected chi connectivity index (χ1v) is 7.84. The van der Waals surface area contributed by atoms with Gasteiger partial charge >= 0.3 is 0 Å². The molecule has 1 aliphatic heterocycles. The van der Waals surface area contributed by atoms with E-state index in [4.69, 9.17) is 9.15 Å². The molecule has 6 nitrogen and oxygen atoms in total. The Morgan fingerprint density at radius 3 is 3.10 bits per heavy atom. The Kier molecular flexibility index (Phi) is 4.03. The van der Waals surface area contributed by atoms with Crippen LogP contribution in [0.3, 0.4) is 0 Å². The van der Waals surface area contributed by atoms with Gasteiger partial charge in [0.05, 0.1) is 18.0 Å². The molecule has 3 heterocycles. The first-order chi connectivity index (χ1) is 10.2. The molecular weight excluding hydrogens is 290 g/mol. The number of carbonyl (C=O) groups excluding carboxylic acids is 1. The zero-order valence-corrected chi connectivity index (χ0v) is 12.9. The van der Waals surface area contributed by atoms with Crippen LogP contribution < -0.4 is 0 Å². The van der Waals surface area contributed by atoms with E-state index in [2.05, 4.69) is 17.1 Å². The molecule has 1 fully saturated rings. The Morgan fingerprint density at radius 2 is 2.38 bits per heavy atom. The van der Waals surface area contributed by atoms with E-state index in [1.165, 1.54) is 11.3 Å². The number of carbonyl (C=O) groups is 1. The van der Waals surface area contributed by atoms with Gasteiger partial charge in [0.25, 0.3) is 5.91 Å². The number of morpholine rings is 1. The van der Waals surface area contributed by atoms with Crippen molar-refractivity contribution in [1.29, 1.82) is 0 Å². The van der Waals surface area contributed by atoms with Gasteiger partial charge in [-0.25, -0.2) is 0 Å². The van der Waals surface area contributed by atoms with Crippen molar-refractivity contribution < 1.29 is 13.9 Å². The lowest BCUT2D eigenvalue weighted by Crippen LogP contribution is -2.42. The maximum Gasteiger partial charge on any atom is 0.264 e. The molecule has 0 unspecified atom stereocenters. The highest BCUT2D eigenvalue weighted by Gasteiger charge is 2.30. The number of hydrogen-bond acceptors (Lipinski definition) is 6. The second-order valence-electron chi connectivity index (χ2n) is 4.90. The van der Waals surface area contributed by atoms with Gasteiger partial charge in [-0.05, 0) is 23.4 Å². The first kappa shape index (κ1) is 14.2. The topological polar surface area (TPSA) is 68.5 Å². The fourth-order valence-electron chi connectivity index (χ4n) is 2.37. The lowest BCUT2D eigenvalue weighted by atomic mass is 10.2.